The van der Waals surface area contributed by atoms with E-state index in [0.29, 0.717) is 23.0 Å². The molecule has 2 unspecified atom stereocenters. The van der Waals surface area contributed by atoms with Gasteiger partial charge < -0.3 is 9.67 Å². The van der Waals surface area contributed by atoms with Crippen molar-refractivity contribution in [2.75, 3.05) is 0 Å². The number of imidazole rings is 1. The second kappa shape index (κ2) is 4.08. The third-order valence-corrected chi connectivity index (χ3v) is 4.02. The minimum absolute atomic E-state index is 0.100. The molecule has 20 heavy (non-hydrogen) atoms. The third kappa shape index (κ3) is 1.90. The number of aromatic carboxylic acids is 1. The molecule has 1 aromatic carbocycles. The Labute approximate surface area is 118 Å². The van der Waals surface area contributed by atoms with E-state index in [1.54, 1.807) is 6.07 Å². The Hall–Kier alpha value is -1.84. The molecule has 1 aliphatic rings. The summed E-state index contributed by atoms with van der Waals surface area (Å²) in [7, 11) is 0. The summed E-state index contributed by atoms with van der Waals surface area (Å²) in [5, 5.41) is 9.34. The van der Waals surface area contributed by atoms with Crippen molar-refractivity contribution in [2.45, 2.75) is 45.6 Å². The molecule has 4 nitrogen and oxygen atoms in total. The minimum Gasteiger partial charge on any atom is -0.478 e. The van der Waals surface area contributed by atoms with Crippen LogP contribution in [0.4, 0.5) is 0 Å². The maximum absolute atomic E-state index is 11.4. The molecule has 4 heteroatoms. The molecule has 1 saturated carbocycles. The number of nitrogens with zero attached hydrogens (tertiary/aromatic N) is 2. The maximum Gasteiger partial charge on any atom is 0.337 e. The summed E-state index contributed by atoms with van der Waals surface area (Å²) in [6, 6.07) is 5.88. The van der Waals surface area contributed by atoms with Gasteiger partial charge in [-0.1, -0.05) is 33.8 Å². The highest BCUT2D eigenvalue weighted by Crippen LogP contribution is 2.46. The van der Waals surface area contributed by atoms with Crippen LogP contribution < -0.4 is 0 Å². The van der Waals surface area contributed by atoms with Gasteiger partial charge in [0.15, 0.2) is 0 Å². The third-order valence-electron chi connectivity index (χ3n) is 4.02. The van der Waals surface area contributed by atoms with Crippen LogP contribution in [0.3, 0.4) is 0 Å². The summed E-state index contributed by atoms with van der Waals surface area (Å²) < 4.78 is 2.26. The van der Waals surface area contributed by atoms with Crippen molar-refractivity contribution in [3.63, 3.8) is 0 Å². The molecule has 0 aliphatic heterocycles. The Morgan fingerprint density at radius 3 is 2.55 bits per heavy atom. The van der Waals surface area contributed by atoms with Crippen molar-refractivity contribution < 1.29 is 9.90 Å². The van der Waals surface area contributed by atoms with Crippen LogP contribution in [0, 0.1) is 5.92 Å². The molecule has 2 aromatic rings. The number of benzene rings is 1. The van der Waals surface area contributed by atoms with E-state index < -0.39 is 5.97 Å². The van der Waals surface area contributed by atoms with Gasteiger partial charge in [-0.05, 0) is 24.5 Å². The quantitative estimate of drug-likeness (QED) is 0.908. The van der Waals surface area contributed by atoms with Gasteiger partial charge in [-0.3, -0.25) is 0 Å². The zero-order chi connectivity index (χ0) is 14.7. The molecule has 2 atom stereocenters. The monoisotopic (exact) mass is 272 g/mol. The van der Waals surface area contributed by atoms with Crippen LogP contribution in [-0.4, -0.2) is 20.6 Å². The second-order valence-electron chi connectivity index (χ2n) is 6.81. The van der Waals surface area contributed by atoms with Crippen molar-refractivity contribution in [1.82, 2.24) is 9.55 Å². The number of carboxylic acids is 1. The summed E-state index contributed by atoms with van der Waals surface area (Å²) in [5.74, 6) is 0.710. The van der Waals surface area contributed by atoms with Gasteiger partial charge in [0.25, 0.3) is 0 Å². The Morgan fingerprint density at radius 1 is 1.40 bits per heavy atom. The lowest BCUT2D eigenvalue weighted by Crippen LogP contribution is -2.18. The van der Waals surface area contributed by atoms with Crippen LogP contribution in [0.1, 0.15) is 56.3 Å². The highest BCUT2D eigenvalue weighted by atomic mass is 16.4. The van der Waals surface area contributed by atoms with E-state index in [-0.39, 0.29) is 5.41 Å². The summed E-state index contributed by atoms with van der Waals surface area (Å²) in [6.45, 7) is 8.60. The molecule has 1 N–H and O–H groups in total. The average Bonchev–Trinajstić information content (AvgIpc) is 2.92. The molecule has 1 fully saturated rings. The Balaban J connectivity index is 2.33. The standard InChI is InChI=1S/C16H20N2O2/c1-9-8-12(9)18-11-7-5-6-10(14(19)20)13(11)17-15(18)16(2,3)4/h5-7,9,12H,8H2,1-4H3,(H,19,20). The zero-order valence-corrected chi connectivity index (χ0v) is 12.3. The SMILES string of the molecule is CC1CC1n1c(C(C)(C)C)nc2c(C(=O)O)cccc21. The Kier molecular flexibility index (Phi) is 2.68. The number of fused-ring (bicyclic) bond motifs is 1. The predicted molar refractivity (Wildman–Crippen MR) is 78.2 cm³/mol. The van der Waals surface area contributed by atoms with Gasteiger partial charge in [-0.15, -0.1) is 0 Å². The van der Waals surface area contributed by atoms with E-state index >= 15 is 0 Å². The van der Waals surface area contributed by atoms with Crippen LogP contribution in [0.5, 0.6) is 0 Å². The van der Waals surface area contributed by atoms with Crippen LogP contribution in [0.2, 0.25) is 0 Å². The molecule has 0 bridgehead atoms. The fourth-order valence-electron chi connectivity index (χ4n) is 2.82. The highest BCUT2D eigenvalue weighted by molar-refractivity contribution is 6.01. The van der Waals surface area contributed by atoms with Crippen LogP contribution in [0.25, 0.3) is 11.0 Å². The average molecular weight is 272 g/mol. The van der Waals surface area contributed by atoms with Gasteiger partial charge >= 0.3 is 5.97 Å². The molecule has 3 rings (SSSR count). The predicted octanol–water partition coefficient (Wildman–Crippen LogP) is 3.61. The first kappa shape index (κ1) is 13.2. The lowest BCUT2D eigenvalue weighted by molar-refractivity contribution is 0.0699. The molecule has 1 aliphatic carbocycles. The molecular weight excluding hydrogens is 252 g/mol. The summed E-state index contributed by atoms with van der Waals surface area (Å²) in [5.41, 5.74) is 1.75. The van der Waals surface area contributed by atoms with Gasteiger partial charge in [-0.2, -0.15) is 0 Å². The molecular formula is C16H20N2O2. The first-order chi connectivity index (χ1) is 9.30. The summed E-state index contributed by atoms with van der Waals surface area (Å²) >= 11 is 0. The van der Waals surface area contributed by atoms with E-state index in [1.165, 1.54) is 0 Å². The van der Waals surface area contributed by atoms with Crippen molar-refractivity contribution in [1.29, 1.82) is 0 Å². The number of rotatable bonds is 2. The molecule has 1 aromatic heterocycles. The number of carbonyl (C=O) groups is 1. The largest absolute Gasteiger partial charge is 0.478 e. The normalized spacial score (nSPS) is 22.2. The molecule has 1 heterocycles. The number of hydrogen-bond donors (Lipinski definition) is 1. The number of para-hydroxylation sites is 1. The first-order valence-electron chi connectivity index (χ1n) is 7.05. The van der Waals surface area contributed by atoms with Gasteiger partial charge in [0, 0.05) is 11.5 Å². The van der Waals surface area contributed by atoms with E-state index in [0.717, 1.165) is 17.8 Å². The molecule has 0 amide bonds. The van der Waals surface area contributed by atoms with Gasteiger partial charge in [0.05, 0.1) is 11.1 Å². The van der Waals surface area contributed by atoms with Gasteiger partial charge in [0.2, 0.25) is 0 Å². The topological polar surface area (TPSA) is 55.1 Å². The molecule has 0 spiro atoms. The fraction of sp³-hybridized carbons (Fsp3) is 0.500. The first-order valence-corrected chi connectivity index (χ1v) is 7.05. The van der Waals surface area contributed by atoms with E-state index in [1.807, 2.05) is 12.1 Å². The molecule has 0 radical (unpaired) electrons. The van der Waals surface area contributed by atoms with E-state index in [4.69, 9.17) is 0 Å². The number of aromatic nitrogens is 2. The van der Waals surface area contributed by atoms with Crippen LogP contribution >= 0.6 is 0 Å². The van der Waals surface area contributed by atoms with Crippen molar-refractivity contribution >= 4 is 17.0 Å². The number of hydrogen-bond acceptors (Lipinski definition) is 2. The van der Waals surface area contributed by atoms with Crippen molar-refractivity contribution in [3.8, 4) is 0 Å². The van der Waals surface area contributed by atoms with Crippen molar-refractivity contribution in [3.05, 3.63) is 29.6 Å². The molecule has 0 saturated heterocycles. The van der Waals surface area contributed by atoms with E-state index in [2.05, 4.69) is 37.2 Å². The van der Waals surface area contributed by atoms with Crippen LogP contribution in [0.15, 0.2) is 18.2 Å². The summed E-state index contributed by atoms with van der Waals surface area (Å²) in [6.07, 6.45) is 1.14. The Morgan fingerprint density at radius 2 is 2.05 bits per heavy atom. The fourth-order valence-corrected chi connectivity index (χ4v) is 2.82. The lowest BCUT2D eigenvalue weighted by atomic mass is 9.95. The zero-order valence-electron chi connectivity index (χ0n) is 12.3. The lowest BCUT2D eigenvalue weighted by Gasteiger charge is -2.20. The molecule has 106 valence electrons. The van der Waals surface area contributed by atoms with E-state index in [9.17, 15) is 9.90 Å². The summed E-state index contributed by atoms with van der Waals surface area (Å²) in [4.78, 5) is 16.1. The minimum atomic E-state index is -0.912. The Bertz CT molecular complexity index is 694. The van der Waals surface area contributed by atoms with Gasteiger partial charge in [-0.25, -0.2) is 9.78 Å². The smallest absolute Gasteiger partial charge is 0.337 e. The number of carboxylic acid groups (broad SMARTS) is 1. The maximum atomic E-state index is 11.4. The van der Waals surface area contributed by atoms with Crippen LogP contribution in [-0.2, 0) is 5.41 Å². The highest BCUT2D eigenvalue weighted by Gasteiger charge is 2.39. The van der Waals surface area contributed by atoms with Gasteiger partial charge in [0.1, 0.15) is 11.3 Å². The van der Waals surface area contributed by atoms with Crippen molar-refractivity contribution in [2.24, 2.45) is 5.92 Å². The second-order valence-corrected chi connectivity index (χ2v) is 6.81.